The van der Waals surface area contributed by atoms with Crippen LogP contribution in [0.2, 0.25) is 0 Å². The van der Waals surface area contributed by atoms with Crippen LogP contribution in [0.1, 0.15) is 5.56 Å². The molecule has 0 fully saturated rings. The summed E-state index contributed by atoms with van der Waals surface area (Å²) in [5, 5.41) is 0. The summed E-state index contributed by atoms with van der Waals surface area (Å²) in [7, 11) is 0. The lowest BCUT2D eigenvalue weighted by Gasteiger charge is -1.95. The Labute approximate surface area is 67.2 Å². The maximum absolute atomic E-state index is 12.7. The van der Waals surface area contributed by atoms with Crippen LogP contribution in [0.4, 0.5) is 4.39 Å². The zero-order valence-electron chi connectivity index (χ0n) is 4.99. The molecule has 0 amide bonds. The van der Waals surface area contributed by atoms with Crippen LogP contribution in [0.3, 0.4) is 0 Å². The minimum Gasteiger partial charge on any atom is -0.206 e. The highest BCUT2D eigenvalue weighted by Crippen LogP contribution is 2.12. The third kappa shape index (κ3) is 1.41. The maximum Gasteiger partial charge on any atom is 0.139 e. The molecule has 0 aliphatic heterocycles. The molecular formula is C7H6FI. The van der Waals surface area contributed by atoms with Crippen molar-refractivity contribution in [2.24, 2.45) is 0 Å². The quantitative estimate of drug-likeness (QED) is 0.607. The van der Waals surface area contributed by atoms with Crippen molar-refractivity contribution < 1.29 is 4.39 Å². The number of benzene rings is 1. The minimum absolute atomic E-state index is 0.0990. The first-order chi connectivity index (χ1) is 4.22. The Bertz CT molecular complexity index is 200. The second kappa shape index (κ2) is 2.64. The molecule has 0 radical (unpaired) electrons. The lowest BCUT2D eigenvalue weighted by molar-refractivity contribution is 0.611. The summed E-state index contributed by atoms with van der Waals surface area (Å²) in [4.78, 5) is 0. The van der Waals surface area contributed by atoms with Crippen molar-refractivity contribution in [2.75, 3.05) is 0 Å². The molecule has 0 N–H and O–H groups in total. The Morgan fingerprint density at radius 2 is 2.11 bits per heavy atom. The normalized spacial score (nSPS) is 9.67. The molecule has 1 aromatic rings. The smallest absolute Gasteiger partial charge is 0.139 e. The Morgan fingerprint density at radius 1 is 1.44 bits per heavy atom. The van der Waals surface area contributed by atoms with Crippen molar-refractivity contribution >= 4 is 22.6 Å². The zero-order chi connectivity index (χ0) is 6.85. The van der Waals surface area contributed by atoms with E-state index in [0.29, 0.717) is 9.13 Å². The lowest BCUT2D eigenvalue weighted by Crippen LogP contribution is -1.83. The number of aryl methyl sites for hydroxylation is 1. The van der Waals surface area contributed by atoms with Crippen LogP contribution in [0.25, 0.3) is 0 Å². The van der Waals surface area contributed by atoms with Gasteiger partial charge in [-0.05, 0) is 41.1 Å². The number of rotatable bonds is 0. The second-order valence-electron chi connectivity index (χ2n) is 1.87. The van der Waals surface area contributed by atoms with Gasteiger partial charge in [0.15, 0.2) is 0 Å². The summed E-state index contributed by atoms with van der Waals surface area (Å²) in [5.74, 6) is -0.0990. The van der Waals surface area contributed by atoms with Crippen molar-refractivity contribution in [1.29, 1.82) is 0 Å². The first kappa shape index (κ1) is 6.99. The zero-order valence-corrected chi connectivity index (χ0v) is 7.15. The van der Waals surface area contributed by atoms with Crippen molar-refractivity contribution in [1.82, 2.24) is 0 Å². The molecule has 9 heavy (non-hydrogen) atoms. The Balaban J connectivity index is 3.25. The summed E-state index contributed by atoms with van der Waals surface area (Å²) in [6.07, 6.45) is 0. The van der Waals surface area contributed by atoms with E-state index < -0.39 is 0 Å². The van der Waals surface area contributed by atoms with E-state index in [1.54, 1.807) is 19.1 Å². The largest absolute Gasteiger partial charge is 0.206 e. The van der Waals surface area contributed by atoms with E-state index in [0.717, 1.165) is 0 Å². The molecule has 0 bridgehead atoms. The van der Waals surface area contributed by atoms with Crippen LogP contribution in [-0.4, -0.2) is 0 Å². The van der Waals surface area contributed by atoms with Crippen molar-refractivity contribution in [3.63, 3.8) is 0 Å². The summed E-state index contributed by atoms with van der Waals surface area (Å²) in [6, 6.07) is 5.36. The summed E-state index contributed by atoms with van der Waals surface area (Å²) < 4.78 is 13.4. The van der Waals surface area contributed by atoms with Crippen molar-refractivity contribution in [3.8, 4) is 0 Å². The highest BCUT2D eigenvalue weighted by molar-refractivity contribution is 14.1. The van der Waals surface area contributed by atoms with Crippen LogP contribution in [-0.2, 0) is 0 Å². The van der Waals surface area contributed by atoms with E-state index in [1.165, 1.54) is 0 Å². The fraction of sp³-hybridized carbons (Fsp3) is 0.143. The maximum atomic E-state index is 12.7. The van der Waals surface area contributed by atoms with E-state index in [9.17, 15) is 4.39 Å². The van der Waals surface area contributed by atoms with Gasteiger partial charge in [-0.15, -0.1) is 0 Å². The minimum atomic E-state index is -0.0990. The van der Waals surface area contributed by atoms with Gasteiger partial charge in [0.2, 0.25) is 0 Å². The average Bonchev–Trinajstić information content (AvgIpc) is 1.83. The molecule has 0 unspecified atom stereocenters. The number of hydrogen-bond acceptors (Lipinski definition) is 0. The van der Waals surface area contributed by atoms with E-state index in [1.807, 2.05) is 28.7 Å². The molecule has 0 nitrogen and oxygen atoms in total. The SMILES string of the molecule is Cc1cccc(I)c1F. The predicted octanol–water partition coefficient (Wildman–Crippen LogP) is 2.74. The van der Waals surface area contributed by atoms with Gasteiger partial charge in [0.1, 0.15) is 5.82 Å². The molecule has 0 heterocycles. The third-order valence-corrected chi connectivity index (χ3v) is 1.98. The van der Waals surface area contributed by atoms with Gasteiger partial charge in [-0.2, -0.15) is 0 Å². The molecule has 0 aromatic heterocycles. The van der Waals surface area contributed by atoms with Crippen LogP contribution in [0.15, 0.2) is 18.2 Å². The topological polar surface area (TPSA) is 0 Å². The van der Waals surface area contributed by atoms with Crippen LogP contribution >= 0.6 is 22.6 Å². The molecule has 1 aromatic carbocycles. The van der Waals surface area contributed by atoms with Gasteiger partial charge in [-0.1, -0.05) is 12.1 Å². The highest BCUT2D eigenvalue weighted by Gasteiger charge is 1.98. The Kier molecular flexibility index (Phi) is 2.05. The van der Waals surface area contributed by atoms with Crippen LogP contribution in [0.5, 0.6) is 0 Å². The van der Waals surface area contributed by atoms with E-state index in [4.69, 9.17) is 0 Å². The van der Waals surface area contributed by atoms with Gasteiger partial charge in [0.05, 0.1) is 0 Å². The second-order valence-corrected chi connectivity index (χ2v) is 3.03. The molecule has 0 saturated heterocycles. The Hall–Kier alpha value is -0.120. The van der Waals surface area contributed by atoms with Crippen LogP contribution in [0, 0.1) is 16.3 Å². The molecule has 0 spiro atoms. The van der Waals surface area contributed by atoms with Gasteiger partial charge >= 0.3 is 0 Å². The van der Waals surface area contributed by atoms with Gasteiger partial charge < -0.3 is 0 Å². The predicted molar refractivity (Wildman–Crippen MR) is 43.9 cm³/mol. The first-order valence-corrected chi connectivity index (χ1v) is 3.70. The molecule has 0 aliphatic rings. The number of hydrogen-bond donors (Lipinski definition) is 0. The van der Waals surface area contributed by atoms with E-state index in [-0.39, 0.29) is 5.82 Å². The molecule has 0 atom stereocenters. The monoisotopic (exact) mass is 236 g/mol. The van der Waals surface area contributed by atoms with Crippen molar-refractivity contribution in [3.05, 3.63) is 33.1 Å². The third-order valence-electron chi connectivity index (χ3n) is 1.14. The standard InChI is InChI=1S/C7H6FI/c1-5-3-2-4-6(9)7(5)8/h2-4H,1H3. The number of halogens is 2. The van der Waals surface area contributed by atoms with Gasteiger partial charge in [0, 0.05) is 3.57 Å². The van der Waals surface area contributed by atoms with Crippen molar-refractivity contribution in [2.45, 2.75) is 6.92 Å². The summed E-state index contributed by atoms with van der Waals surface area (Å²) >= 11 is 1.97. The highest BCUT2D eigenvalue weighted by atomic mass is 127. The molecule has 2 heteroatoms. The fourth-order valence-electron chi connectivity index (χ4n) is 0.612. The molecule has 0 aliphatic carbocycles. The average molecular weight is 236 g/mol. The van der Waals surface area contributed by atoms with Gasteiger partial charge in [-0.3, -0.25) is 0 Å². The Morgan fingerprint density at radius 3 is 2.56 bits per heavy atom. The molecule has 48 valence electrons. The molecule has 1 rings (SSSR count). The molecule has 0 saturated carbocycles. The molecular weight excluding hydrogens is 230 g/mol. The summed E-state index contributed by atoms with van der Waals surface area (Å²) in [5.41, 5.74) is 0.710. The first-order valence-electron chi connectivity index (χ1n) is 2.62. The summed E-state index contributed by atoms with van der Waals surface area (Å²) in [6.45, 7) is 1.76. The fourth-order valence-corrected chi connectivity index (χ4v) is 1.24. The van der Waals surface area contributed by atoms with E-state index in [2.05, 4.69) is 0 Å². The lowest BCUT2D eigenvalue weighted by atomic mass is 10.2. The van der Waals surface area contributed by atoms with Gasteiger partial charge in [0.25, 0.3) is 0 Å². The van der Waals surface area contributed by atoms with Gasteiger partial charge in [-0.25, -0.2) is 4.39 Å². The van der Waals surface area contributed by atoms with E-state index >= 15 is 0 Å². The van der Waals surface area contributed by atoms with Crippen LogP contribution < -0.4 is 0 Å².